The summed E-state index contributed by atoms with van der Waals surface area (Å²) in [7, 11) is 1.68. The molecular formula is C21H33ClN4O2. The molecule has 0 bridgehead atoms. The summed E-state index contributed by atoms with van der Waals surface area (Å²) in [6, 6.07) is 5.59. The first-order valence-electron chi connectivity index (χ1n) is 10.4. The molecule has 3 rings (SSSR count). The number of nitrogens with zero attached hydrogens (tertiary/aromatic N) is 3. The van der Waals surface area contributed by atoms with E-state index >= 15 is 0 Å². The number of amides is 1. The number of piperidine rings is 1. The van der Waals surface area contributed by atoms with Crippen LogP contribution in [0.5, 0.6) is 5.75 Å². The number of carbonyl (C=O) groups is 1. The third-order valence-corrected chi connectivity index (χ3v) is 6.13. The molecule has 0 saturated carbocycles. The predicted molar refractivity (Wildman–Crippen MR) is 115 cm³/mol. The van der Waals surface area contributed by atoms with Crippen LogP contribution in [0.15, 0.2) is 18.2 Å². The fraction of sp³-hybridized carbons (Fsp3) is 0.667. The zero-order valence-corrected chi connectivity index (χ0v) is 17.9. The van der Waals surface area contributed by atoms with Crippen LogP contribution in [0.2, 0.25) is 5.02 Å². The quantitative estimate of drug-likeness (QED) is 0.751. The fourth-order valence-electron chi connectivity index (χ4n) is 4.09. The van der Waals surface area contributed by atoms with Gasteiger partial charge in [0.05, 0.1) is 18.8 Å². The van der Waals surface area contributed by atoms with E-state index in [2.05, 4.69) is 20.0 Å². The van der Waals surface area contributed by atoms with E-state index in [0.717, 1.165) is 50.7 Å². The van der Waals surface area contributed by atoms with Crippen molar-refractivity contribution in [2.75, 3.05) is 64.4 Å². The molecule has 1 amide bonds. The second-order valence-corrected chi connectivity index (χ2v) is 8.14. The Kier molecular flexibility index (Phi) is 7.82. The van der Waals surface area contributed by atoms with E-state index in [0.29, 0.717) is 5.02 Å². The highest BCUT2D eigenvalue weighted by molar-refractivity contribution is 6.30. The summed E-state index contributed by atoms with van der Waals surface area (Å²) in [5.41, 5.74) is 1.02. The molecule has 2 heterocycles. The number of halogens is 1. The topological polar surface area (TPSA) is 48.1 Å². The molecular weight excluding hydrogens is 376 g/mol. The maximum Gasteiger partial charge on any atom is 0.237 e. The lowest BCUT2D eigenvalue weighted by molar-refractivity contribution is -0.126. The van der Waals surface area contributed by atoms with Crippen molar-refractivity contribution in [1.82, 2.24) is 15.1 Å². The first-order chi connectivity index (χ1) is 13.6. The van der Waals surface area contributed by atoms with E-state index in [1.807, 2.05) is 25.1 Å². The molecule has 1 atom stereocenters. The molecule has 2 aliphatic heterocycles. The van der Waals surface area contributed by atoms with Crippen LogP contribution in [-0.4, -0.2) is 81.2 Å². The molecule has 0 aromatic heterocycles. The van der Waals surface area contributed by atoms with Gasteiger partial charge in [-0.05, 0) is 51.1 Å². The molecule has 0 spiro atoms. The molecule has 1 aromatic carbocycles. The van der Waals surface area contributed by atoms with E-state index in [-0.39, 0.29) is 11.9 Å². The molecule has 28 heavy (non-hydrogen) atoms. The molecule has 2 fully saturated rings. The summed E-state index contributed by atoms with van der Waals surface area (Å²) >= 11 is 6.17. The lowest BCUT2D eigenvalue weighted by atomic mass is 10.1. The highest BCUT2D eigenvalue weighted by Crippen LogP contribution is 2.32. The van der Waals surface area contributed by atoms with E-state index < -0.39 is 0 Å². The number of piperazine rings is 1. The highest BCUT2D eigenvalue weighted by Gasteiger charge is 2.26. The van der Waals surface area contributed by atoms with Crippen LogP contribution in [0, 0.1) is 0 Å². The van der Waals surface area contributed by atoms with Gasteiger partial charge >= 0.3 is 0 Å². The summed E-state index contributed by atoms with van der Waals surface area (Å²) in [6.45, 7) is 9.42. The van der Waals surface area contributed by atoms with Crippen LogP contribution in [0.25, 0.3) is 0 Å². The molecule has 156 valence electrons. The normalized spacial score (nSPS) is 20.0. The van der Waals surface area contributed by atoms with Crippen LogP contribution in [0.4, 0.5) is 5.69 Å². The van der Waals surface area contributed by atoms with Gasteiger partial charge in [-0.25, -0.2) is 0 Å². The van der Waals surface area contributed by atoms with Gasteiger partial charge in [-0.3, -0.25) is 9.69 Å². The van der Waals surface area contributed by atoms with Crippen LogP contribution < -0.4 is 15.0 Å². The van der Waals surface area contributed by atoms with Gasteiger partial charge in [-0.15, -0.1) is 0 Å². The number of benzene rings is 1. The number of hydrogen-bond donors (Lipinski definition) is 1. The summed E-state index contributed by atoms with van der Waals surface area (Å²) in [6.07, 6.45) is 3.91. The zero-order chi connectivity index (χ0) is 19.9. The first-order valence-corrected chi connectivity index (χ1v) is 10.8. The Balaban J connectivity index is 1.44. The number of hydrogen-bond acceptors (Lipinski definition) is 5. The van der Waals surface area contributed by atoms with Gasteiger partial charge in [0.25, 0.3) is 0 Å². The minimum absolute atomic E-state index is 0.107. The minimum atomic E-state index is -0.107. The van der Waals surface area contributed by atoms with E-state index in [1.54, 1.807) is 7.11 Å². The Morgan fingerprint density at radius 3 is 2.54 bits per heavy atom. The average molecular weight is 409 g/mol. The van der Waals surface area contributed by atoms with Gasteiger partial charge in [-0.1, -0.05) is 18.0 Å². The molecule has 0 radical (unpaired) electrons. The SMILES string of the molecule is COc1ccc(Cl)cc1N1CCN(C(C)C(=O)NCCN2CCCCC2)CC1. The molecule has 0 aliphatic carbocycles. The second kappa shape index (κ2) is 10.3. The first kappa shape index (κ1) is 21.2. The van der Waals surface area contributed by atoms with Gasteiger partial charge in [0.2, 0.25) is 5.91 Å². The Morgan fingerprint density at radius 2 is 1.86 bits per heavy atom. The van der Waals surface area contributed by atoms with Crippen molar-refractivity contribution in [2.24, 2.45) is 0 Å². The number of likely N-dealkylation sites (tertiary alicyclic amines) is 1. The van der Waals surface area contributed by atoms with Crippen molar-refractivity contribution in [3.63, 3.8) is 0 Å². The third-order valence-electron chi connectivity index (χ3n) is 5.90. The fourth-order valence-corrected chi connectivity index (χ4v) is 4.26. The van der Waals surface area contributed by atoms with Crippen molar-refractivity contribution >= 4 is 23.2 Å². The van der Waals surface area contributed by atoms with E-state index in [1.165, 1.54) is 32.4 Å². The van der Waals surface area contributed by atoms with Crippen LogP contribution in [-0.2, 0) is 4.79 Å². The van der Waals surface area contributed by atoms with Crippen molar-refractivity contribution in [1.29, 1.82) is 0 Å². The van der Waals surface area contributed by atoms with Crippen LogP contribution in [0.3, 0.4) is 0 Å². The molecule has 6 nitrogen and oxygen atoms in total. The van der Waals surface area contributed by atoms with Crippen LogP contribution >= 0.6 is 11.6 Å². The molecule has 1 unspecified atom stereocenters. The zero-order valence-electron chi connectivity index (χ0n) is 17.1. The lowest BCUT2D eigenvalue weighted by Crippen LogP contribution is -2.54. The maximum absolute atomic E-state index is 12.6. The average Bonchev–Trinajstić information content (AvgIpc) is 2.74. The summed E-state index contributed by atoms with van der Waals surface area (Å²) < 4.78 is 5.48. The smallest absolute Gasteiger partial charge is 0.237 e. The van der Waals surface area contributed by atoms with Gasteiger partial charge in [0.1, 0.15) is 5.75 Å². The lowest BCUT2D eigenvalue weighted by Gasteiger charge is -2.39. The number of nitrogens with one attached hydrogen (secondary N) is 1. The van der Waals surface area contributed by atoms with Gasteiger partial charge in [-0.2, -0.15) is 0 Å². The number of ether oxygens (including phenoxy) is 1. The monoisotopic (exact) mass is 408 g/mol. The number of carbonyl (C=O) groups excluding carboxylic acids is 1. The second-order valence-electron chi connectivity index (χ2n) is 7.71. The molecule has 1 N–H and O–H groups in total. The number of anilines is 1. The Bertz CT molecular complexity index is 643. The van der Waals surface area contributed by atoms with E-state index in [9.17, 15) is 4.79 Å². The van der Waals surface area contributed by atoms with Crippen molar-refractivity contribution in [3.8, 4) is 5.75 Å². The molecule has 1 aromatic rings. The van der Waals surface area contributed by atoms with E-state index in [4.69, 9.17) is 16.3 Å². The molecule has 2 aliphatic rings. The Labute approximate surface area is 173 Å². The predicted octanol–water partition coefficient (Wildman–Crippen LogP) is 2.46. The number of methoxy groups -OCH3 is 1. The maximum atomic E-state index is 12.6. The van der Waals surface area contributed by atoms with Gasteiger partial charge in [0.15, 0.2) is 0 Å². The summed E-state index contributed by atoms with van der Waals surface area (Å²) in [5.74, 6) is 0.965. The minimum Gasteiger partial charge on any atom is -0.495 e. The Morgan fingerprint density at radius 1 is 1.14 bits per heavy atom. The standard InChI is InChI=1S/C21H33ClN4O2/c1-17(21(27)23-8-11-24-9-4-3-5-10-24)25-12-14-26(15-13-25)19-16-18(22)6-7-20(19)28-2/h6-7,16-17H,3-5,8-15H2,1-2H3,(H,23,27). The third kappa shape index (κ3) is 5.52. The van der Waals surface area contributed by atoms with Gasteiger partial charge < -0.3 is 19.9 Å². The van der Waals surface area contributed by atoms with Crippen molar-refractivity contribution in [2.45, 2.75) is 32.2 Å². The number of rotatable bonds is 7. The van der Waals surface area contributed by atoms with Crippen LogP contribution in [0.1, 0.15) is 26.2 Å². The summed E-state index contributed by atoms with van der Waals surface area (Å²) in [4.78, 5) is 19.5. The summed E-state index contributed by atoms with van der Waals surface area (Å²) in [5, 5.41) is 3.83. The highest BCUT2D eigenvalue weighted by atomic mass is 35.5. The molecule has 2 saturated heterocycles. The molecule has 7 heteroatoms. The van der Waals surface area contributed by atoms with Gasteiger partial charge in [0, 0.05) is 44.3 Å². The van der Waals surface area contributed by atoms with Crippen molar-refractivity contribution in [3.05, 3.63) is 23.2 Å². The Hall–Kier alpha value is -1.50. The largest absolute Gasteiger partial charge is 0.495 e. The van der Waals surface area contributed by atoms with Crippen molar-refractivity contribution < 1.29 is 9.53 Å².